The first-order valence-electron chi connectivity index (χ1n) is 6.40. The van der Waals surface area contributed by atoms with Crippen LogP contribution in [0.4, 0.5) is 5.69 Å². The lowest BCUT2D eigenvalue weighted by Crippen LogP contribution is -2.33. The predicted octanol–water partition coefficient (Wildman–Crippen LogP) is 3.77. The van der Waals surface area contributed by atoms with Crippen LogP contribution in [-0.2, 0) is 0 Å². The van der Waals surface area contributed by atoms with Crippen molar-refractivity contribution in [3.05, 3.63) is 28.2 Å². The molecule has 1 aromatic rings. The van der Waals surface area contributed by atoms with Crippen molar-refractivity contribution in [2.45, 2.75) is 26.2 Å². The highest BCUT2D eigenvalue weighted by Crippen LogP contribution is 2.32. The minimum atomic E-state index is -0.871. The molecule has 0 saturated heterocycles. The SMILES string of the molecule is CCN(CC1CCC1)c1cccc(Br)c1C(=O)O. The second-order valence-electron chi connectivity index (χ2n) is 4.77. The Balaban J connectivity index is 2.28. The standard InChI is InChI=1S/C14H18BrNO2/c1-2-16(9-10-5-3-6-10)12-8-4-7-11(15)13(12)14(17)18/h4,7-8,10H,2-3,5-6,9H2,1H3,(H,17,18). The van der Waals surface area contributed by atoms with Crippen LogP contribution in [0.15, 0.2) is 22.7 Å². The Morgan fingerprint density at radius 2 is 2.22 bits per heavy atom. The van der Waals surface area contributed by atoms with Gasteiger partial charge >= 0.3 is 5.97 Å². The highest BCUT2D eigenvalue weighted by Gasteiger charge is 2.23. The zero-order chi connectivity index (χ0) is 13.1. The largest absolute Gasteiger partial charge is 0.478 e. The Morgan fingerprint density at radius 1 is 1.50 bits per heavy atom. The number of carboxylic acid groups (broad SMARTS) is 1. The van der Waals surface area contributed by atoms with E-state index in [4.69, 9.17) is 0 Å². The summed E-state index contributed by atoms with van der Waals surface area (Å²) in [7, 11) is 0. The van der Waals surface area contributed by atoms with Crippen molar-refractivity contribution < 1.29 is 9.90 Å². The predicted molar refractivity (Wildman–Crippen MR) is 76.3 cm³/mol. The molecule has 1 aliphatic carbocycles. The Bertz CT molecular complexity index is 443. The fourth-order valence-electron chi connectivity index (χ4n) is 2.37. The first kappa shape index (κ1) is 13.4. The minimum Gasteiger partial charge on any atom is -0.478 e. The highest BCUT2D eigenvalue weighted by molar-refractivity contribution is 9.10. The van der Waals surface area contributed by atoms with Crippen molar-refractivity contribution >= 4 is 27.6 Å². The van der Waals surface area contributed by atoms with Crippen LogP contribution in [0.25, 0.3) is 0 Å². The Labute approximate surface area is 116 Å². The van der Waals surface area contributed by atoms with Gasteiger partial charge in [0.15, 0.2) is 0 Å². The van der Waals surface area contributed by atoms with Gasteiger partial charge < -0.3 is 10.0 Å². The van der Waals surface area contributed by atoms with Gasteiger partial charge in [0.05, 0.1) is 11.3 Å². The highest BCUT2D eigenvalue weighted by atomic mass is 79.9. The van der Waals surface area contributed by atoms with E-state index >= 15 is 0 Å². The van der Waals surface area contributed by atoms with Gasteiger partial charge in [-0.2, -0.15) is 0 Å². The Hall–Kier alpha value is -1.03. The van der Waals surface area contributed by atoms with Crippen LogP contribution in [0.5, 0.6) is 0 Å². The number of anilines is 1. The molecule has 3 nitrogen and oxygen atoms in total. The molecule has 1 N–H and O–H groups in total. The zero-order valence-electron chi connectivity index (χ0n) is 10.5. The van der Waals surface area contributed by atoms with Crippen molar-refractivity contribution in [3.8, 4) is 0 Å². The molecular weight excluding hydrogens is 294 g/mol. The van der Waals surface area contributed by atoms with E-state index in [1.54, 1.807) is 6.07 Å². The maximum atomic E-state index is 11.4. The molecule has 0 bridgehead atoms. The van der Waals surface area contributed by atoms with Gasteiger partial charge in [0.2, 0.25) is 0 Å². The zero-order valence-corrected chi connectivity index (χ0v) is 12.1. The number of rotatable bonds is 5. The molecule has 98 valence electrons. The number of hydrogen-bond acceptors (Lipinski definition) is 2. The van der Waals surface area contributed by atoms with Crippen LogP contribution in [-0.4, -0.2) is 24.2 Å². The average molecular weight is 312 g/mol. The van der Waals surface area contributed by atoms with Crippen molar-refractivity contribution in [1.82, 2.24) is 0 Å². The molecule has 0 heterocycles. The maximum Gasteiger partial charge on any atom is 0.338 e. The molecule has 1 aromatic carbocycles. The number of hydrogen-bond donors (Lipinski definition) is 1. The summed E-state index contributed by atoms with van der Waals surface area (Å²) in [6.45, 7) is 3.88. The first-order chi connectivity index (χ1) is 8.63. The molecule has 4 heteroatoms. The molecular formula is C14H18BrNO2. The molecule has 0 radical (unpaired) electrons. The Morgan fingerprint density at radius 3 is 2.72 bits per heavy atom. The third-order valence-corrected chi connectivity index (χ3v) is 4.29. The number of aromatic carboxylic acids is 1. The van der Waals surface area contributed by atoms with E-state index in [1.807, 2.05) is 12.1 Å². The lowest BCUT2D eigenvalue weighted by Gasteiger charge is -2.33. The molecule has 0 aromatic heterocycles. The second kappa shape index (κ2) is 5.74. The molecule has 1 saturated carbocycles. The Kier molecular flexibility index (Phi) is 4.27. The van der Waals surface area contributed by atoms with Crippen LogP contribution >= 0.6 is 15.9 Å². The summed E-state index contributed by atoms with van der Waals surface area (Å²) in [5.74, 6) is -0.143. The monoisotopic (exact) mass is 311 g/mol. The summed E-state index contributed by atoms with van der Waals surface area (Å²) in [5, 5.41) is 9.34. The summed E-state index contributed by atoms with van der Waals surface area (Å²) in [4.78, 5) is 13.6. The lowest BCUT2D eigenvalue weighted by molar-refractivity contribution is 0.0696. The van der Waals surface area contributed by atoms with Crippen LogP contribution in [0, 0.1) is 5.92 Å². The van der Waals surface area contributed by atoms with E-state index in [0.29, 0.717) is 10.0 Å². The van der Waals surface area contributed by atoms with Gasteiger partial charge in [-0.05, 0) is 53.7 Å². The molecule has 0 amide bonds. The van der Waals surface area contributed by atoms with Crippen molar-refractivity contribution in [3.63, 3.8) is 0 Å². The minimum absolute atomic E-state index is 0.374. The molecule has 1 aliphatic rings. The molecule has 1 fully saturated rings. The molecule has 2 rings (SSSR count). The first-order valence-corrected chi connectivity index (χ1v) is 7.19. The summed E-state index contributed by atoms with van der Waals surface area (Å²) < 4.78 is 0.652. The quantitative estimate of drug-likeness (QED) is 0.899. The van der Waals surface area contributed by atoms with Gasteiger partial charge in [0.25, 0.3) is 0 Å². The number of carbonyl (C=O) groups is 1. The van der Waals surface area contributed by atoms with E-state index in [0.717, 1.165) is 24.7 Å². The van der Waals surface area contributed by atoms with Crippen LogP contribution in [0.1, 0.15) is 36.5 Å². The van der Waals surface area contributed by atoms with Crippen LogP contribution in [0.3, 0.4) is 0 Å². The summed E-state index contributed by atoms with van der Waals surface area (Å²) in [6.07, 6.45) is 3.85. The number of halogens is 1. The summed E-state index contributed by atoms with van der Waals surface area (Å²) >= 11 is 3.33. The van der Waals surface area contributed by atoms with E-state index in [1.165, 1.54) is 19.3 Å². The summed E-state index contributed by atoms with van der Waals surface area (Å²) in [6, 6.07) is 5.58. The molecule has 18 heavy (non-hydrogen) atoms. The van der Waals surface area contributed by atoms with Crippen molar-refractivity contribution in [2.75, 3.05) is 18.0 Å². The van der Waals surface area contributed by atoms with Gasteiger partial charge in [-0.1, -0.05) is 12.5 Å². The number of carboxylic acids is 1. The fraction of sp³-hybridized carbons (Fsp3) is 0.500. The average Bonchev–Trinajstić information content (AvgIpc) is 2.27. The van der Waals surface area contributed by atoms with Gasteiger partial charge in [0, 0.05) is 17.6 Å². The van der Waals surface area contributed by atoms with E-state index in [-0.39, 0.29) is 0 Å². The van der Waals surface area contributed by atoms with Gasteiger partial charge in [-0.3, -0.25) is 0 Å². The van der Waals surface area contributed by atoms with E-state index in [9.17, 15) is 9.90 Å². The van der Waals surface area contributed by atoms with Crippen LogP contribution < -0.4 is 4.90 Å². The normalized spacial score (nSPS) is 15.2. The topological polar surface area (TPSA) is 40.5 Å². The van der Waals surface area contributed by atoms with Crippen molar-refractivity contribution in [2.24, 2.45) is 5.92 Å². The smallest absolute Gasteiger partial charge is 0.338 e. The molecule has 0 unspecified atom stereocenters. The van der Waals surface area contributed by atoms with E-state index in [2.05, 4.69) is 27.8 Å². The summed E-state index contributed by atoms with van der Waals surface area (Å²) in [5.41, 5.74) is 1.20. The van der Waals surface area contributed by atoms with Gasteiger partial charge in [-0.25, -0.2) is 4.79 Å². The fourth-order valence-corrected chi connectivity index (χ4v) is 2.90. The van der Waals surface area contributed by atoms with Crippen molar-refractivity contribution in [1.29, 1.82) is 0 Å². The molecule has 0 spiro atoms. The van der Waals surface area contributed by atoms with Crippen LogP contribution in [0.2, 0.25) is 0 Å². The third kappa shape index (κ3) is 2.69. The third-order valence-electron chi connectivity index (χ3n) is 3.63. The lowest BCUT2D eigenvalue weighted by atomic mass is 9.85. The maximum absolute atomic E-state index is 11.4. The van der Waals surface area contributed by atoms with Gasteiger partial charge in [0.1, 0.15) is 0 Å². The molecule has 0 atom stereocenters. The molecule has 0 aliphatic heterocycles. The van der Waals surface area contributed by atoms with Gasteiger partial charge in [-0.15, -0.1) is 0 Å². The number of benzene rings is 1. The number of nitrogens with zero attached hydrogens (tertiary/aromatic N) is 1. The second-order valence-corrected chi connectivity index (χ2v) is 5.63. The van der Waals surface area contributed by atoms with E-state index < -0.39 is 5.97 Å².